The van der Waals surface area contributed by atoms with Crippen molar-refractivity contribution in [2.24, 2.45) is 0 Å². The number of hydrogen-bond acceptors (Lipinski definition) is 3. The van der Waals surface area contributed by atoms with Gasteiger partial charge in [-0.05, 0) is 38.5 Å². The highest BCUT2D eigenvalue weighted by Crippen LogP contribution is 2.19. The molecule has 1 atom stereocenters. The highest BCUT2D eigenvalue weighted by molar-refractivity contribution is 6.30. The van der Waals surface area contributed by atoms with Crippen LogP contribution in [0.1, 0.15) is 32.8 Å². The van der Waals surface area contributed by atoms with Gasteiger partial charge in [-0.15, -0.1) is 0 Å². The van der Waals surface area contributed by atoms with Crippen LogP contribution >= 0.6 is 11.6 Å². The molecule has 0 radical (unpaired) electrons. The Morgan fingerprint density at radius 3 is 2.79 bits per heavy atom. The van der Waals surface area contributed by atoms with Crippen molar-refractivity contribution in [3.63, 3.8) is 0 Å². The first-order valence-corrected chi connectivity index (χ1v) is 8.30. The molecule has 1 unspecified atom stereocenters. The molecule has 1 saturated heterocycles. The monoisotopic (exact) mass is 355 g/mol. The standard InChI is InChI=1S/C17H23ClFN3O2/c1-17(2,3)21-15(23)9-14-16(24)20-6-7-22(14)10-11-4-5-12(18)13(19)8-11/h4-5,8,14H,6-7,9-10H2,1-3H3,(H,20,24)(H,21,23). The van der Waals surface area contributed by atoms with Crippen LogP contribution in [0, 0.1) is 5.82 Å². The zero-order valence-electron chi connectivity index (χ0n) is 14.2. The van der Waals surface area contributed by atoms with Crippen molar-refractivity contribution in [2.75, 3.05) is 13.1 Å². The minimum atomic E-state index is -0.570. The predicted molar refractivity (Wildman–Crippen MR) is 91.1 cm³/mol. The third kappa shape index (κ3) is 5.18. The minimum Gasteiger partial charge on any atom is -0.353 e. The molecule has 2 rings (SSSR count). The number of halogens is 2. The third-order valence-electron chi connectivity index (χ3n) is 3.70. The van der Waals surface area contributed by atoms with E-state index in [9.17, 15) is 14.0 Å². The molecule has 1 aliphatic heterocycles. The van der Waals surface area contributed by atoms with Crippen LogP contribution in [0.2, 0.25) is 5.02 Å². The quantitative estimate of drug-likeness (QED) is 0.869. The van der Waals surface area contributed by atoms with Gasteiger partial charge in [0.05, 0.1) is 17.5 Å². The van der Waals surface area contributed by atoms with Gasteiger partial charge in [0.2, 0.25) is 11.8 Å². The van der Waals surface area contributed by atoms with Gasteiger partial charge in [0.25, 0.3) is 0 Å². The van der Waals surface area contributed by atoms with Gasteiger partial charge in [-0.25, -0.2) is 4.39 Å². The van der Waals surface area contributed by atoms with Gasteiger partial charge in [0.1, 0.15) is 5.82 Å². The van der Waals surface area contributed by atoms with Crippen LogP contribution in [-0.4, -0.2) is 41.4 Å². The predicted octanol–water partition coefficient (Wildman–Crippen LogP) is 2.08. The lowest BCUT2D eigenvalue weighted by molar-refractivity contribution is -0.134. The first-order valence-electron chi connectivity index (χ1n) is 7.92. The molecule has 1 aromatic rings. The van der Waals surface area contributed by atoms with E-state index in [2.05, 4.69) is 10.6 Å². The van der Waals surface area contributed by atoms with E-state index in [1.807, 2.05) is 25.7 Å². The van der Waals surface area contributed by atoms with Gasteiger partial charge in [-0.1, -0.05) is 17.7 Å². The topological polar surface area (TPSA) is 61.4 Å². The average Bonchev–Trinajstić information content (AvgIpc) is 2.45. The van der Waals surface area contributed by atoms with E-state index >= 15 is 0 Å². The molecule has 2 amide bonds. The second-order valence-corrected chi connectivity index (χ2v) is 7.44. The maximum absolute atomic E-state index is 13.6. The molecule has 1 fully saturated rings. The fourth-order valence-electron chi connectivity index (χ4n) is 2.69. The molecule has 1 heterocycles. The Bertz CT molecular complexity index is 631. The third-order valence-corrected chi connectivity index (χ3v) is 4.01. The highest BCUT2D eigenvalue weighted by Gasteiger charge is 2.32. The lowest BCUT2D eigenvalue weighted by Gasteiger charge is -2.35. The molecule has 2 N–H and O–H groups in total. The Hall–Kier alpha value is -1.66. The number of carbonyl (C=O) groups excluding carboxylic acids is 2. The van der Waals surface area contributed by atoms with Crippen LogP contribution in [0.4, 0.5) is 4.39 Å². The average molecular weight is 356 g/mol. The van der Waals surface area contributed by atoms with Crippen molar-refractivity contribution in [1.29, 1.82) is 0 Å². The number of amides is 2. The lowest BCUT2D eigenvalue weighted by Crippen LogP contribution is -2.56. The molecule has 0 aromatic heterocycles. The van der Waals surface area contributed by atoms with Crippen LogP contribution in [0.15, 0.2) is 18.2 Å². The fraction of sp³-hybridized carbons (Fsp3) is 0.529. The summed E-state index contributed by atoms with van der Waals surface area (Å²) in [5.74, 6) is -0.853. The number of benzene rings is 1. The molecule has 0 bridgehead atoms. The van der Waals surface area contributed by atoms with E-state index < -0.39 is 11.9 Å². The molecule has 1 aromatic carbocycles. The SMILES string of the molecule is CC(C)(C)NC(=O)CC1C(=O)NCCN1Cc1ccc(Cl)c(F)c1. The van der Waals surface area contributed by atoms with Gasteiger partial charge in [0.15, 0.2) is 0 Å². The van der Waals surface area contributed by atoms with Gasteiger partial charge in [0, 0.05) is 25.2 Å². The Balaban J connectivity index is 2.09. The molecule has 7 heteroatoms. The van der Waals surface area contributed by atoms with Crippen LogP contribution < -0.4 is 10.6 Å². The lowest BCUT2D eigenvalue weighted by atomic mass is 10.0. The van der Waals surface area contributed by atoms with E-state index in [0.717, 1.165) is 0 Å². The van der Waals surface area contributed by atoms with Crippen molar-refractivity contribution in [3.05, 3.63) is 34.6 Å². The maximum atomic E-state index is 13.6. The normalized spacial score (nSPS) is 19.0. The van der Waals surface area contributed by atoms with Gasteiger partial charge in [-0.2, -0.15) is 0 Å². The summed E-state index contributed by atoms with van der Waals surface area (Å²) < 4.78 is 13.6. The van der Waals surface area contributed by atoms with Crippen LogP contribution in [0.25, 0.3) is 0 Å². The Kier molecular flexibility index (Phi) is 5.83. The molecular formula is C17H23ClFN3O2. The molecule has 24 heavy (non-hydrogen) atoms. The van der Waals surface area contributed by atoms with Gasteiger partial charge in [-0.3, -0.25) is 14.5 Å². The Labute approximate surface area is 146 Å². The Morgan fingerprint density at radius 2 is 2.17 bits per heavy atom. The van der Waals surface area contributed by atoms with Crippen molar-refractivity contribution < 1.29 is 14.0 Å². The molecule has 5 nitrogen and oxygen atoms in total. The first-order chi connectivity index (χ1) is 11.2. The number of piperazine rings is 1. The minimum absolute atomic E-state index is 0.0660. The summed E-state index contributed by atoms with van der Waals surface area (Å²) in [6, 6.07) is 4.02. The van der Waals surface area contributed by atoms with Crippen LogP contribution in [-0.2, 0) is 16.1 Å². The zero-order valence-corrected chi connectivity index (χ0v) is 14.9. The molecule has 1 aliphatic rings. The van der Waals surface area contributed by atoms with E-state index in [4.69, 9.17) is 11.6 Å². The van der Waals surface area contributed by atoms with Crippen LogP contribution in [0.3, 0.4) is 0 Å². The molecule has 0 spiro atoms. The number of hydrogen-bond donors (Lipinski definition) is 2. The summed E-state index contributed by atoms with van der Waals surface area (Å²) >= 11 is 5.70. The number of nitrogens with zero attached hydrogens (tertiary/aromatic N) is 1. The van der Waals surface area contributed by atoms with Crippen molar-refractivity contribution in [2.45, 2.75) is 45.3 Å². The number of nitrogens with one attached hydrogen (secondary N) is 2. The second-order valence-electron chi connectivity index (χ2n) is 7.03. The molecular weight excluding hydrogens is 333 g/mol. The maximum Gasteiger partial charge on any atom is 0.237 e. The number of carbonyl (C=O) groups is 2. The first kappa shape index (κ1) is 18.7. The summed E-state index contributed by atoms with van der Waals surface area (Å²) in [5, 5.41) is 5.71. The molecule has 132 valence electrons. The number of rotatable bonds is 4. The Morgan fingerprint density at radius 1 is 1.46 bits per heavy atom. The highest BCUT2D eigenvalue weighted by atomic mass is 35.5. The fourth-order valence-corrected chi connectivity index (χ4v) is 2.81. The van der Waals surface area contributed by atoms with E-state index in [0.29, 0.717) is 25.2 Å². The largest absolute Gasteiger partial charge is 0.353 e. The molecule has 0 aliphatic carbocycles. The summed E-state index contributed by atoms with van der Waals surface area (Å²) in [6.07, 6.45) is 0.0686. The summed E-state index contributed by atoms with van der Waals surface area (Å²) in [4.78, 5) is 26.3. The van der Waals surface area contributed by atoms with E-state index in [-0.39, 0.29) is 28.8 Å². The summed E-state index contributed by atoms with van der Waals surface area (Å²) in [6.45, 7) is 7.16. The van der Waals surface area contributed by atoms with E-state index in [1.165, 1.54) is 12.1 Å². The molecule has 0 saturated carbocycles. The zero-order chi connectivity index (χ0) is 17.9. The summed E-state index contributed by atoms with van der Waals surface area (Å²) in [7, 11) is 0. The van der Waals surface area contributed by atoms with Gasteiger partial charge >= 0.3 is 0 Å². The van der Waals surface area contributed by atoms with Crippen molar-refractivity contribution in [1.82, 2.24) is 15.5 Å². The van der Waals surface area contributed by atoms with Crippen molar-refractivity contribution >= 4 is 23.4 Å². The van der Waals surface area contributed by atoms with E-state index in [1.54, 1.807) is 6.07 Å². The van der Waals surface area contributed by atoms with Crippen molar-refractivity contribution in [3.8, 4) is 0 Å². The smallest absolute Gasteiger partial charge is 0.237 e. The summed E-state index contributed by atoms with van der Waals surface area (Å²) in [5.41, 5.74) is 0.361. The van der Waals surface area contributed by atoms with Crippen LogP contribution in [0.5, 0.6) is 0 Å². The van der Waals surface area contributed by atoms with Gasteiger partial charge < -0.3 is 10.6 Å². The second kappa shape index (κ2) is 7.49.